The van der Waals surface area contributed by atoms with Crippen molar-refractivity contribution in [2.45, 2.75) is 19.4 Å². The van der Waals surface area contributed by atoms with Crippen LogP contribution in [-0.2, 0) is 14.4 Å². The first-order chi connectivity index (χ1) is 14.4. The fraction of sp³-hybridized carbons (Fsp3) is 0.143. The molecule has 0 saturated carbocycles. The molecule has 152 valence electrons. The maximum absolute atomic E-state index is 13.2. The molecule has 2 aromatic carbocycles. The molecule has 1 aliphatic heterocycles. The maximum atomic E-state index is 13.2. The van der Waals surface area contributed by atoms with Crippen molar-refractivity contribution < 1.29 is 18.8 Å². The van der Waals surface area contributed by atoms with Gasteiger partial charge in [0, 0.05) is 23.9 Å². The number of benzene rings is 2. The lowest BCUT2D eigenvalue weighted by Crippen LogP contribution is -2.23. The lowest BCUT2D eigenvalue weighted by molar-refractivity contribution is -0.123. The maximum Gasteiger partial charge on any atom is 0.251 e. The minimum absolute atomic E-state index is 0.100. The number of hydrogen-bond donors (Lipinski definition) is 3. The van der Waals surface area contributed by atoms with E-state index in [0.717, 1.165) is 0 Å². The summed E-state index contributed by atoms with van der Waals surface area (Å²) in [5.41, 5.74) is 2.52. The molecule has 0 aliphatic carbocycles. The van der Waals surface area contributed by atoms with Crippen molar-refractivity contribution in [3.05, 3.63) is 60.5 Å². The number of nitrogens with zero attached hydrogens (tertiary/aromatic N) is 2. The highest BCUT2D eigenvalue weighted by atomic mass is 19.1. The molecule has 8 nitrogen and oxygen atoms in total. The Hall–Kier alpha value is -4.01. The second-order valence-corrected chi connectivity index (χ2v) is 6.87. The van der Waals surface area contributed by atoms with Crippen molar-refractivity contribution >= 4 is 34.9 Å². The third kappa shape index (κ3) is 3.90. The zero-order chi connectivity index (χ0) is 21.3. The fourth-order valence-electron chi connectivity index (χ4n) is 3.28. The minimum Gasteiger partial charge on any atom is -0.326 e. The number of nitrogens with one attached hydrogen (secondary N) is 3. The number of aromatic nitrogens is 2. The third-order valence-corrected chi connectivity index (χ3v) is 4.66. The van der Waals surface area contributed by atoms with Gasteiger partial charge in [0.05, 0.1) is 12.6 Å². The molecule has 1 atom stereocenters. The predicted molar refractivity (Wildman–Crippen MR) is 109 cm³/mol. The highest BCUT2D eigenvalue weighted by molar-refractivity contribution is 6.04. The van der Waals surface area contributed by atoms with Crippen molar-refractivity contribution in [1.29, 1.82) is 0 Å². The van der Waals surface area contributed by atoms with Crippen LogP contribution < -0.4 is 16.0 Å². The van der Waals surface area contributed by atoms with E-state index in [9.17, 15) is 18.8 Å². The van der Waals surface area contributed by atoms with Gasteiger partial charge in [0.2, 0.25) is 11.8 Å². The SMILES string of the molecule is CC(=O)Nc1ccc(NC(=O)CC2C(=O)Nc3c(-c4ccc(F)cc4)cnn32)cc1. The number of fused-ring (bicyclic) bond motifs is 1. The number of hydrogen-bond acceptors (Lipinski definition) is 4. The lowest BCUT2D eigenvalue weighted by atomic mass is 10.1. The first kappa shape index (κ1) is 19.3. The molecule has 1 aromatic heterocycles. The van der Waals surface area contributed by atoms with Crippen LogP contribution in [0.2, 0.25) is 0 Å². The normalized spacial score (nSPS) is 14.7. The summed E-state index contributed by atoms with van der Waals surface area (Å²) in [6, 6.07) is 11.7. The van der Waals surface area contributed by atoms with E-state index in [2.05, 4.69) is 21.0 Å². The van der Waals surface area contributed by atoms with Gasteiger partial charge in [-0.15, -0.1) is 0 Å². The van der Waals surface area contributed by atoms with E-state index in [1.54, 1.807) is 42.6 Å². The van der Waals surface area contributed by atoms with E-state index < -0.39 is 6.04 Å². The number of carbonyl (C=O) groups excluding carboxylic acids is 3. The fourth-order valence-corrected chi connectivity index (χ4v) is 3.28. The first-order valence-electron chi connectivity index (χ1n) is 9.22. The molecular weight excluding hydrogens is 389 g/mol. The second-order valence-electron chi connectivity index (χ2n) is 6.87. The minimum atomic E-state index is -0.784. The van der Waals surface area contributed by atoms with Crippen LogP contribution >= 0.6 is 0 Å². The number of halogens is 1. The molecular formula is C21H18FN5O3. The second kappa shape index (κ2) is 7.78. The molecule has 3 amide bonds. The molecule has 0 spiro atoms. The van der Waals surface area contributed by atoms with E-state index in [1.165, 1.54) is 23.7 Å². The molecule has 1 unspecified atom stereocenters. The van der Waals surface area contributed by atoms with Gasteiger partial charge in [-0.1, -0.05) is 12.1 Å². The Morgan fingerprint density at radius 1 is 1.07 bits per heavy atom. The highest BCUT2D eigenvalue weighted by Gasteiger charge is 2.35. The van der Waals surface area contributed by atoms with E-state index in [0.29, 0.717) is 28.3 Å². The van der Waals surface area contributed by atoms with Gasteiger partial charge in [-0.25, -0.2) is 9.07 Å². The number of carbonyl (C=O) groups is 3. The van der Waals surface area contributed by atoms with Gasteiger partial charge in [0.25, 0.3) is 5.91 Å². The molecule has 3 aromatic rings. The molecule has 0 radical (unpaired) electrons. The molecule has 30 heavy (non-hydrogen) atoms. The zero-order valence-electron chi connectivity index (χ0n) is 16.0. The van der Waals surface area contributed by atoms with Gasteiger partial charge in [-0.3, -0.25) is 14.4 Å². The van der Waals surface area contributed by atoms with Crippen molar-refractivity contribution in [3.63, 3.8) is 0 Å². The Balaban J connectivity index is 1.46. The third-order valence-electron chi connectivity index (χ3n) is 4.66. The van der Waals surface area contributed by atoms with Gasteiger partial charge in [0.1, 0.15) is 17.7 Å². The Kier molecular flexibility index (Phi) is 5.01. The van der Waals surface area contributed by atoms with Crippen molar-refractivity contribution in [3.8, 4) is 11.1 Å². The summed E-state index contributed by atoms with van der Waals surface area (Å²) in [6.07, 6.45) is 1.48. The van der Waals surface area contributed by atoms with Crippen LogP contribution in [0, 0.1) is 5.82 Å². The number of anilines is 3. The molecule has 0 saturated heterocycles. The van der Waals surface area contributed by atoms with Crippen LogP contribution in [0.25, 0.3) is 11.1 Å². The van der Waals surface area contributed by atoms with E-state index in [4.69, 9.17) is 0 Å². The van der Waals surface area contributed by atoms with Crippen LogP contribution in [-0.4, -0.2) is 27.5 Å². The Labute approximate surface area is 171 Å². The van der Waals surface area contributed by atoms with Gasteiger partial charge in [-0.05, 0) is 42.0 Å². The Bertz CT molecular complexity index is 1120. The average molecular weight is 407 g/mol. The summed E-state index contributed by atoms with van der Waals surface area (Å²) in [5.74, 6) is -0.754. The molecule has 2 heterocycles. The summed E-state index contributed by atoms with van der Waals surface area (Å²) >= 11 is 0. The Morgan fingerprint density at radius 3 is 2.33 bits per heavy atom. The van der Waals surface area contributed by atoms with Gasteiger partial charge < -0.3 is 16.0 Å². The quantitative estimate of drug-likeness (QED) is 0.604. The smallest absolute Gasteiger partial charge is 0.251 e. The molecule has 0 fully saturated rings. The standard InChI is InChI=1S/C21H18FN5O3/c1-12(28)24-15-6-8-16(9-7-15)25-19(29)10-18-21(30)26-20-17(11-23-27(18)20)13-2-4-14(22)5-3-13/h2-9,11,18H,10H2,1H3,(H,24,28)(H,25,29)(H,26,30). The summed E-state index contributed by atoms with van der Waals surface area (Å²) in [7, 11) is 0. The van der Waals surface area contributed by atoms with Gasteiger partial charge in [0.15, 0.2) is 0 Å². The van der Waals surface area contributed by atoms with Crippen LogP contribution in [0.15, 0.2) is 54.7 Å². The summed E-state index contributed by atoms with van der Waals surface area (Å²) < 4.78 is 14.6. The average Bonchev–Trinajstić information content (AvgIpc) is 3.23. The van der Waals surface area contributed by atoms with Crippen LogP contribution in [0.1, 0.15) is 19.4 Å². The van der Waals surface area contributed by atoms with Crippen LogP contribution in [0.3, 0.4) is 0 Å². The van der Waals surface area contributed by atoms with Crippen molar-refractivity contribution in [2.75, 3.05) is 16.0 Å². The molecule has 9 heteroatoms. The molecule has 1 aliphatic rings. The van der Waals surface area contributed by atoms with Crippen LogP contribution in [0.5, 0.6) is 0 Å². The summed E-state index contributed by atoms with van der Waals surface area (Å²) in [4.78, 5) is 35.9. The lowest BCUT2D eigenvalue weighted by Gasteiger charge is -2.10. The van der Waals surface area contributed by atoms with Crippen molar-refractivity contribution in [1.82, 2.24) is 9.78 Å². The predicted octanol–water partition coefficient (Wildman–Crippen LogP) is 3.17. The molecule has 4 rings (SSSR count). The summed E-state index contributed by atoms with van der Waals surface area (Å²) in [5, 5.41) is 12.4. The monoisotopic (exact) mass is 407 g/mol. The number of rotatable bonds is 5. The van der Waals surface area contributed by atoms with Gasteiger partial charge in [-0.2, -0.15) is 5.10 Å². The molecule has 3 N–H and O–H groups in total. The van der Waals surface area contributed by atoms with Gasteiger partial charge >= 0.3 is 0 Å². The summed E-state index contributed by atoms with van der Waals surface area (Å²) in [6.45, 7) is 1.41. The highest BCUT2D eigenvalue weighted by Crippen LogP contribution is 2.35. The van der Waals surface area contributed by atoms with Crippen molar-refractivity contribution in [2.24, 2.45) is 0 Å². The van der Waals surface area contributed by atoms with E-state index in [-0.39, 0.29) is 30.0 Å². The topological polar surface area (TPSA) is 105 Å². The van der Waals surface area contributed by atoms with E-state index >= 15 is 0 Å². The van der Waals surface area contributed by atoms with E-state index in [1.807, 2.05) is 0 Å². The molecule has 0 bridgehead atoms. The number of amides is 3. The van der Waals surface area contributed by atoms with Crippen LogP contribution in [0.4, 0.5) is 21.6 Å². The largest absolute Gasteiger partial charge is 0.326 e. The Morgan fingerprint density at radius 2 is 1.70 bits per heavy atom. The zero-order valence-corrected chi connectivity index (χ0v) is 16.0. The first-order valence-corrected chi connectivity index (χ1v) is 9.22.